The molecule has 0 saturated carbocycles. The number of tetrazole rings is 1. The average molecular weight is 289 g/mol. The lowest BCUT2D eigenvalue weighted by Gasteiger charge is -2.03. The number of rotatable bonds is 5. The van der Waals surface area contributed by atoms with Crippen molar-refractivity contribution in [2.24, 2.45) is 0 Å². The van der Waals surface area contributed by atoms with Crippen molar-refractivity contribution in [1.82, 2.24) is 25.2 Å². The van der Waals surface area contributed by atoms with Crippen LogP contribution in [0.25, 0.3) is 0 Å². The Morgan fingerprint density at radius 1 is 1.21 bits per heavy atom. The zero-order chi connectivity index (χ0) is 12.9. The van der Waals surface area contributed by atoms with Crippen molar-refractivity contribution in [2.45, 2.75) is 22.5 Å². The molecule has 96 valence electrons. The molecule has 2 aromatic heterocycles. The number of thiazole rings is 1. The molecule has 3 aromatic rings. The highest BCUT2D eigenvalue weighted by Crippen LogP contribution is 2.26. The van der Waals surface area contributed by atoms with Crippen LogP contribution in [0.4, 0.5) is 0 Å². The molecule has 19 heavy (non-hydrogen) atoms. The van der Waals surface area contributed by atoms with E-state index in [0.717, 1.165) is 22.5 Å². The molecule has 0 N–H and O–H groups in total. The molecule has 0 bridgehead atoms. The number of benzene rings is 1. The molecule has 2 heterocycles. The van der Waals surface area contributed by atoms with Gasteiger partial charge in [-0.3, -0.25) is 0 Å². The Kier molecular flexibility index (Phi) is 3.85. The molecule has 0 aliphatic heterocycles. The number of aromatic nitrogens is 5. The first kappa shape index (κ1) is 12.3. The second kappa shape index (κ2) is 5.94. The van der Waals surface area contributed by atoms with E-state index in [2.05, 4.69) is 32.6 Å². The SMILES string of the molecule is c1ccc(CCn2nnnc2Sc2nccs2)cc1. The largest absolute Gasteiger partial charge is 0.238 e. The van der Waals surface area contributed by atoms with E-state index in [1.807, 2.05) is 28.3 Å². The Hall–Kier alpha value is -1.73. The second-order valence-electron chi connectivity index (χ2n) is 3.82. The molecule has 5 nitrogen and oxygen atoms in total. The zero-order valence-electron chi connectivity index (χ0n) is 10.0. The van der Waals surface area contributed by atoms with Crippen LogP contribution >= 0.6 is 23.1 Å². The average Bonchev–Trinajstić information content (AvgIpc) is 3.10. The Labute approximate surface area is 118 Å². The minimum Gasteiger partial charge on any atom is -0.238 e. The fraction of sp³-hybridized carbons (Fsp3) is 0.167. The maximum atomic E-state index is 4.22. The third-order valence-corrected chi connectivity index (χ3v) is 4.40. The maximum Gasteiger partial charge on any atom is 0.216 e. The monoisotopic (exact) mass is 289 g/mol. The highest BCUT2D eigenvalue weighted by molar-refractivity contribution is 8.00. The van der Waals surface area contributed by atoms with Crippen LogP contribution in [0.3, 0.4) is 0 Å². The second-order valence-corrected chi connectivity index (χ2v) is 5.93. The Balaban J connectivity index is 1.67. The van der Waals surface area contributed by atoms with Gasteiger partial charge in [-0.1, -0.05) is 30.3 Å². The molecule has 0 aliphatic rings. The van der Waals surface area contributed by atoms with E-state index in [4.69, 9.17) is 0 Å². The smallest absolute Gasteiger partial charge is 0.216 e. The summed E-state index contributed by atoms with van der Waals surface area (Å²) in [5, 5.41) is 14.5. The van der Waals surface area contributed by atoms with E-state index in [0.29, 0.717) is 0 Å². The lowest BCUT2D eigenvalue weighted by Crippen LogP contribution is -2.05. The summed E-state index contributed by atoms with van der Waals surface area (Å²) >= 11 is 3.08. The number of nitrogens with zero attached hydrogens (tertiary/aromatic N) is 5. The summed E-state index contributed by atoms with van der Waals surface area (Å²) in [5.41, 5.74) is 1.28. The Morgan fingerprint density at radius 2 is 2.11 bits per heavy atom. The zero-order valence-corrected chi connectivity index (χ0v) is 11.6. The third-order valence-electron chi connectivity index (χ3n) is 2.54. The topological polar surface area (TPSA) is 56.5 Å². The first-order valence-corrected chi connectivity index (χ1v) is 7.49. The van der Waals surface area contributed by atoms with Gasteiger partial charge in [0.2, 0.25) is 5.16 Å². The normalized spacial score (nSPS) is 10.7. The molecule has 0 saturated heterocycles. The fourth-order valence-corrected chi connectivity index (χ4v) is 3.15. The van der Waals surface area contributed by atoms with Gasteiger partial charge < -0.3 is 0 Å². The molecule has 3 rings (SSSR count). The summed E-state index contributed by atoms with van der Waals surface area (Å²) in [7, 11) is 0. The van der Waals surface area contributed by atoms with Crippen molar-refractivity contribution in [1.29, 1.82) is 0 Å². The molecule has 0 aliphatic carbocycles. The number of hydrogen-bond acceptors (Lipinski definition) is 6. The summed E-state index contributed by atoms with van der Waals surface area (Å²) in [6.45, 7) is 0.769. The van der Waals surface area contributed by atoms with Crippen molar-refractivity contribution in [3.8, 4) is 0 Å². The van der Waals surface area contributed by atoms with Crippen LogP contribution < -0.4 is 0 Å². The predicted octanol–water partition coefficient (Wildman–Crippen LogP) is 2.52. The Bertz CT molecular complexity index is 621. The lowest BCUT2D eigenvalue weighted by molar-refractivity contribution is 0.548. The predicted molar refractivity (Wildman–Crippen MR) is 74.2 cm³/mol. The van der Waals surface area contributed by atoms with Gasteiger partial charge in [0.05, 0.1) is 0 Å². The van der Waals surface area contributed by atoms with Crippen LogP contribution in [-0.4, -0.2) is 25.2 Å². The fourth-order valence-electron chi connectivity index (χ4n) is 1.63. The first-order chi connectivity index (χ1) is 9.42. The van der Waals surface area contributed by atoms with E-state index >= 15 is 0 Å². The van der Waals surface area contributed by atoms with E-state index in [1.165, 1.54) is 17.3 Å². The van der Waals surface area contributed by atoms with Crippen LogP contribution in [0.15, 0.2) is 51.4 Å². The van der Waals surface area contributed by atoms with Crippen molar-refractivity contribution < 1.29 is 0 Å². The minimum absolute atomic E-state index is 0.769. The van der Waals surface area contributed by atoms with Gasteiger partial charge in [-0.25, -0.2) is 9.67 Å². The van der Waals surface area contributed by atoms with Crippen molar-refractivity contribution in [3.05, 3.63) is 47.5 Å². The van der Waals surface area contributed by atoms with Gasteiger partial charge >= 0.3 is 0 Å². The molecular formula is C12H11N5S2. The molecule has 7 heteroatoms. The van der Waals surface area contributed by atoms with E-state index in [-0.39, 0.29) is 0 Å². The van der Waals surface area contributed by atoms with Crippen LogP contribution in [0.1, 0.15) is 5.56 Å². The van der Waals surface area contributed by atoms with Gasteiger partial charge in [-0.05, 0) is 34.2 Å². The molecule has 0 radical (unpaired) electrons. The van der Waals surface area contributed by atoms with E-state index < -0.39 is 0 Å². The number of aryl methyl sites for hydroxylation is 2. The molecule has 0 atom stereocenters. The van der Waals surface area contributed by atoms with Gasteiger partial charge in [-0.15, -0.1) is 16.4 Å². The van der Waals surface area contributed by atoms with Gasteiger partial charge in [0.15, 0.2) is 4.34 Å². The highest BCUT2D eigenvalue weighted by Gasteiger charge is 2.09. The van der Waals surface area contributed by atoms with Gasteiger partial charge in [0, 0.05) is 18.1 Å². The van der Waals surface area contributed by atoms with Crippen molar-refractivity contribution >= 4 is 23.1 Å². The molecule has 0 amide bonds. The maximum absolute atomic E-state index is 4.22. The minimum atomic E-state index is 0.769. The molecule has 0 fully saturated rings. The summed E-state index contributed by atoms with van der Waals surface area (Å²) in [6.07, 6.45) is 2.70. The first-order valence-electron chi connectivity index (χ1n) is 5.79. The van der Waals surface area contributed by atoms with Gasteiger partial charge in [-0.2, -0.15) is 0 Å². The quantitative estimate of drug-likeness (QED) is 0.722. The molecular weight excluding hydrogens is 278 g/mol. The van der Waals surface area contributed by atoms with E-state index in [1.54, 1.807) is 17.5 Å². The molecule has 0 spiro atoms. The van der Waals surface area contributed by atoms with Gasteiger partial charge in [0.25, 0.3) is 0 Å². The lowest BCUT2D eigenvalue weighted by atomic mass is 10.2. The van der Waals surface area contributed by atoms with Crippen LogP contribution in [0, 0.1) is 0 Å². The van der Waals surface area contributed by atoms with Crippen molar-refractivity contribution in [2.75, 3.05) is 0 Å². The van der Waals surface area contributed by atoms with Crippen LogP contribution in [0.2, 0.25) is 0 Å². The standard InChI is InChI=1S/C12H11N5S2/c1-2-4-10(5-3-1)6-8-17-11(14-15-16-17)19-12-13-7-9-18-12/h1-5,7,9H,6,8H2. The van der Waals surface area contributed by atoms with Crippen LogP contribution in [-0.2, 0) is 13.0 Å². The summed E-state index contributed by atoms with van der Waals surface area (Å²) < 4.78 is 2.77. The Morgan fingerprint density at radius 3 is 2.89 bits per heavy atom. The van der Waals surface area contributed by atoms with Gasteiger partial charge in [0.1, 0.15) is 0 Å². The highest BCUT2D eigenvalue weighted by atomic mass is 32.2. The van der Waals surface area contributed by atoms with Crippen LogP contribution in [0.5, 0.6) is 0 Å². The summed E-state index contributed by atoms with van der Waals surface area (Å²) in [5.74, 6) is 0. The summed E-state index contributed by atoms with van der Waals surface area (Å²) in [6, 6.07) is 10.3. The third kappa shape index (κ3) is 3.18. The molecule has 1 aromatic carbocycles. The summed E-state index contributed by atoms with van der Waals surface area (Å²) in [4.78, 5) is 4.22. The van der Waals surface area contributed by atoms with Crippen molar-refractivity contribution in [3.63, 3.8) is 0 Å². The van der Waals surface area contributed by atoms with E-state index in [9.17, 15) is 0 Å². The number of hydrogen-bond donors (Lipinski definition) is 0. The molecule has 0 unspecified atom stereocenters.